The SMILES string of the molecule is O=S(OC/C=C/c1ccc(Br)cc1)c1ccccc1. The Hall–Kier alpha value is -1.23. The molecule has 0 aliphatic heterocycles. The van der Waals surface area contributed by atoms with Crippen LogP contribution in [-0.4, -0.2) is 10.8 Å². The molecule has 1 unspecified atom stereocenters. The zero-order valence-electron chi connectivity index (χ0n) is 10.2. The minimum atomic E-state index is -1.40. The average Bonchev–Trinajstić information content (AvgIpc) is 2.46. The maximum Gasteiger partial charge on any atom is 0.189 e. The van der Waals surface area contributed by atoms with Crippen LogP contribution in [0.15, 0.2) is 70.0 Å². The zero-order chi connectivity index (χ0) is 13.5. The highest BCUT2D eigenvalue weighted by Crippen LogP contribution is 2.11. The van der Waals surface area contributed by atoms with Crippen LogP contribution in [0.5, 0.6) is 0 Å². The van der Waals surface area contributed by atoms with Gasteiger partial charge in [0.2, 0.25) is 0 Å². The molecule has 0 bridgehead atoms. The first-order valence-electron chi connectivity index (χ1n) is 5.78. The minimum absolute atomic E-state index is 0.317. The van der Waals surface area contributed by atoms with E-state index in [0.717, 1.165) is 10.0 Å². The molecule has 2 nitrogen and oxygen atoms in total. The molecule has 0 N–H and O–H groups in total. The molecule has 0 amide bonds. The summed E-state index contributed by atoms with van der Waals surface area (Å²) in [6, 6.07) is 17.1. The van der Waals surface area contributed by atoms with E-state index in [1.807, 2.05) is 54.6 Å². The number of hydrogen-bond acceptors (Lipinski definition) is 2. The summed E-state index contributed by atoms with van der Waals surface area (Å²) in [5.74, 6) is 0. The topological polar surface area (TPSA) is 26.3 Å². The molecule has 98 valence electrons. The lowest BCUT2D eigenvalue weighted by Gasteiger charge is -2.00. The first kappa shape index (κ1) is 14.2. The van der Waals surface area contributed by atoms with Gasteiger partial charge < -0.3 is 0 Å². The number of hydrogen-bond donors (Lipinski definition) is 0. The second-order valence-corrected chi connectivity index (χ2v) is 5.88. The monoisotopic (exact) mass is 336 g/mol. The summed E-state index contributed by atoms with van der Waals surface area (Å²) in [5.41, 5.74) is 1.08. The van der Waals surface area contributed by atoms with Crippen molar-refractivity contribution in [3.05, 3.63) is 70.7 Å². The highest BCUT2D eigenvalue weighted by Gasteiger charge is 2.01. The Labute approximate surface area is 123 Å². The first-order chi connectivity index (χ1) is 9.25. The van der Waals surface area contributed by atoms with Gasteiger partial charge in [-0.2, -0.15) is 0 Å². The smallest absolute Gasteiger partial charge is 0.189 e. The van der Waals surface area contributed by atoms with Gasteiger partial charge in [0.15, 0.2) is 11.1 Å². The standard InChI is InChI=1S/C15H13BrO2S/c16-14-10-8-13(9-11-14)5-4-12-18-19(17)15-6-2-1-3-7-15/h1-11H,12H2/b5-4+. The van der Waals surface area contributed by atoms with Crippen molar-refractivity contribution < 1.29 is 8.39 Å². The molecule has 0 saturated heterocycles. The number of halogens is 1. The van der Waals surface area contributed by atoms with E-state index in [-0.39, 0.29) is 0 Å². The van der Waals surface area contributed by atoms with Crippen LogP contribution in [0.4, 0.5) is 0 Å². The Kier molecular flexibility index (Phi) is 5.51. The van der Waals surface area contributed by atoms with Gasteiger partial charge in [-0.1, -0.05) is 58.4 Å². The molecule has 0 aliphatic rings. The Morgan fingerprint density at radius 2 is 1.74 bits per heavy atom. The predicted octanol–water partition coefficient (Wildman–Crippen LogP) is 4.20. The summed E-state index contributed by atoms with van der Waals surface area (Å²) in [6.45, 7) is 0.317. The van der Waals surface area contributed by atoms with E-state index in [9.17, 15) is 4.21 Å². The van der Waals surface area contributed by atoms with Crippen molar-refractivity contribution in [1.82, 2.24) is 0 Å². The van der Waals surface area contributed by atoms with Gasteiger partial charge in [0.1, 0.15) is 0 Å². The largest absolute Gasteiger partial charge is 0.283 e. The van der Waals surface area contributed by atoms with Gasteiger partial charge >= 0.3 is 0 Å². The molecule has 0 fully saturated rings. The molecule has 2 aromatic carbocycles. The molecule has 0 aromatic heterocycles. The van der Waals surface area contributed by atoms with E-state index in [1.54, 1.807) is 12.1 Å². The van der Waals surface area contributed by atoms with Crippen LogP contribution in [-0.2, 0) is 15.3 Å². The Morgan fingerprint density at radius 1 is 1.05 bits per heavy atom. The molecule has 1 atom stereocenters. The summed E-state index contributed by atoms with van der Waals surface area (Å²) in [4.78, 5) is 0.680. The summed E-state index contributed by atoms with van der Waals surface area (Å²) in [7, 11) is 0. The summed E-state index contributed by atoms with van der Waals surface area (Å²) >= 11 is 1.98. The van der Waals surface area contributed by atoms with Gasteiger partial charge in [0.05, 0.1) is 11.5 Å². The third-order valence-corrected chi connectivity index (χ3v) is 3.92. The fourth-order valence-electron chi connectivity index (χ4n) is 1.46. The number of benzene rings is 2. The van der Waals surface area contributed by atoms with Crippen LogP contribution in [0, 0.1) is 0 Å². The normalized spacial score (nSPS) is 12.7. The maximum atomic E-state index is 11.7. The van der Waals surface area contributed by atoms with Crippen LogP contribution in [0.1, 0.15) is 5.56 Å². The molecule has 0 heterocycles. The van der Waals surface area contributed by atoms with E-state index in [2.05, 4.69) is 15.9 Å². The summed E-state index contributed by atoms with van der Waals surface area (Å²) < 4.78 is 18.0. The highest BCUT2D eigenvalue weighted by molar-refractivity contribution is 9.10. The van der Waals surface area contributed by atoms with Crippen molar-refractivity contribution in [1.29, 1.82) is 0 Å². The summed E-state index contributed by atoms with van der Waals surface area (Å²) in [6.07, 6.45) is 3.79. The first-order valence-corrected chi connectivity index (χ1v) is 7.65. The quantitative estimate of drug-likeness (QED) is 0.817. The molecule has 2 aromatic rings. The van der Waals surface area contributed by atoms with Crippen LogP contribution < -0.4 is 0 Å². The third-order valence-electron chi connectivity index (χ3n) is 2.39. The van der Waals surface area contributed by atoms with Gasteiger partial charge in [0.25, 0.3) is 0 Å². The summed E-state index contributed by atoms with van der Waals surface area (Å²) in [5, 5.41) is 0. The van der Waals surface area contributed by atoms with Crippen molar-refractivity contribution in [2.24, 2.45) is 0 Å². The number of rotatable bonds is 5. The molecule has 0 radical (unpaired) electrons. The van der Waals surface area contributed by atoms with Gasteiger partial charge in [-0.05, 0) is 29.8 Å². The second kappa shape index (κ2) is 7.38. The maximum absolute atomic E-state index is 11.7. The molecule has 4 heteroatoms. The van der Waals surface area contributed by atoms with Crippen LogP contribution in [0.3, 0.4) is 0 Å². The van der Waals surface area contributed by atoms with E-state index < -0.39 is 11.1 Å². The van der Waals surface area contributed by atoms with Crippen molar-refractivity contribution >= 4 is 33.1 Å². The van der Waals surface area contributed by atoms with Crippen LogP contribution >= 0.6 is 15.9 Å². The molecule has 0 spiro atoms. The lowest BCUT2D eigenvalue weighted by molar-refractivity contribution is 0.395. The van der Waals surface area contributed by atoms with Gasteiger partial charge in [-0.25, -0.2) is 4.21 Å². The van der Waals surface area contributed by atoms with Crippen LogP contribution in [0.25, 0.3) is 6.08 Å². The van der Waals surface area contributed by atoms with Crippen molar-refractivity contribution in [2.45, 2.75) is 4.90 Å². The highest BCUT2D eigenvalue weighted by atomic mass is 79.9. The predicted molar refractivity (Wildman–Crippen MR) is 82.0 cm³/mol. The third kappa shape index (κ3) is 4.74. The Bertz CT molecular complexity index is 564. The van der Waals surface area contributed by atoms with E-state index in [4.69, 9.17) is 4.18 Å². The average molecular weight is 337 g/mol. The molecule has 19 heavy (non-hydrogen) atoms. The van der Waals surface area contributed by atoms with Crippen LogP contribution in [0.2, 0.25) is 0 Å². The van der Waals surface area contributed by atoms with E-state index >= 15 is 0 Å². The Balaban J connectivity index is 1.83. The molecule has 2 rings (SSSR count). The minimum Gasteiger partial charge on any atom is -0.283 e. The molecular weight excluding hydrogens is 324 g/mol. The Morgan fingerprint density at radius 3 is 2.42 bits per heavy atom. The lowest BCUT2D eigenvalue weighted by atomic mass is 10.2. The second-order valence-electron chi connectivity index (χ2n) is 3.79. The fraction of sp³-hybridized carbons (Fsp3) is 0.0667. The van der Waals surface area contributed by atoms with Crippen molar-refractivity contribution in [3.8, 4) is 0 Å². The molecule has 0 aliphatic carbocycles. The van der Waals surface area contributed by atoms with Crippen molar-refractivity contribution in [3.63, 3.8) is 0 Å². The van der Waals surface area contributed by atoms with Gasteiger partial charge in [0, 0.05) is 4.47 Å². The zero-order valence-corrected chi connectivity index (χ0v) is 12.6. The van der Waals surface area contributed by atoms with Crippen molar-refractivity contribution in [2.75, 3.05) is 6.61 Å². The fourth-order valence-corrected chi connectivity index (χ4v) is 2.44. The van der Waals surface area contributed by atoms with Gasteiger partial charge in [-0.3, -0.25) is 4.18 Å². The van der Waals surface area contributed by atoms with E-state index in [0.29, 0.717) is 11.5 Å². The molecule has 0 saturated carbocycles. The van der Waals surface area contributed by atoms with Gasteiger partial charge in [-0.15, -0.1) is 0 Å². The lowest BCUT2D eigenvalue weighted by Crippen LogP contribution is -1.97. The van der Waals surface area contributed by atoms with E-state index in [1.165, 1.54) is 0 Å². The molecular formula is C15H13BrO2S.